The van der Waals surface area contributed by atoms with Crippen LogP contribution in [0.4, 0.5) is 0 Å². The summed E-state index contributed by atoms with van der Waals surface area (Å²) in [5.74, 6) is -0.340. The molecule has 1 atom stereocenters. The topological polar surface area (TPSA) is 64.6 Å². The van der Waals surface area contributed by atoms with E-state index in [9.17, 15) is 9.59 Å². The molecule has 3 aromatic carbocycles. The van der Waals surface area contributed by atoms with Gasteiger partial charge in [0.25, 0.3) is 5.91 Å². The second-order valence-corrected chi connectivity index (χ2v) is 6.59. The fourth-order valence-electron chi connectivity index (χ4n) is 2.97. The third-order valence-corrected chi connectivity index (χ3v) is 4.60. The molecular formula is C23H23NO4. The van der Waals surface area contributed by atoms with Crippen molar-refractivity contribution in [1.82, 2.24) is 5.32 Å². The number of fused-ring (bicyclic) bond motifs is 1. The van der Waals surface area contributed by atoms with Gasteiger partial charge in [0.1, 0.15) is 11.3 Å². The van der Waals surface area contributed by atoms with Crippen LogP contribution in [0.5, 0.6) is 5.75 Å². The number of rotatable bonds is 7. The number of amides is 1. The van der Waals surface area contributed by atoms with E-state index in [-0.39, 0.29) is 18.4 Å². The third kappa shape index (κ3) is 4.68. The van der Waals surface area contributed by atoms with Gasteiger partial charge in [0.05, 0.1) is 7.11 Å². The van der Waals surface area contributed by atoms with Gasteiger partial charge in [0.2, 0.25) is 0 Å². The van der Waals surface area contributed by atoms with Gasteiger partial charge in [0.15, 0.2) is 6.61 Å². The lowest BCUT2D eigenvalue weighted by molar-refractivity contribution is -0.124. The average Bonchev–Trinajstić information content (AvgIpc) is 2.75. The predicted octanol–water partition coefficient (Wildman–Crippen LogP) is 3.93. The lowest BCUT2D eigenvalue weighted by Crippen LogP contribution is -2.31. The first-order valence-electron chi connectivity index (χ1n) is 9.14. The second kappa shape index (κ2) is 9.04. The van der Waals surface area contributed by atoms with Crippen molar-refractivity contribution in [2.24, 2.45) is 0 Å². The minimum atomic E-state index is -0.589. The van der Waals surface area contributed by atoms with E-state index < -0.39 is 5.97 Å². The molecule has 3 aromatic rings. The smallest absolute Gasteiger partial charge is 0.342 e. The number of hydrogen-bond donors (Lipinski definition) is 1. The lowest BCUT2D eigenvalue weighted by atomic mass is 10.0. The number of methoxy groups -OCH3 is 1. The van der Waals surface area contributed by atoms with Crippen LogP contribution >= 0.6 is 0 Å². The van der Waals surface area contributed by atoms with Crippen molar-refractivity contribution in [1.29, 1.82) is 0 Å². The molecule has 144 valence electrons. The van der Waals surface area contributed by atoms with E-state index in [4.69, 9.17) is 9.47 Å². The molecule has 0 unspecified atom stereocenters. The number of carbonyl (C=O) groups excluding carboxylic acids is 2. The van der Waals surface area contributed by atoms with Gasteiger partial charge in [-0.2, -0.15) is 0 Å². The molecule has 0 saturated carbocycles. The van der Waals surface area contributed by atoms with Crippen LogP contribution in [0.3, 0.4) is 0 Å². The van der Waals surface area contributed by atoms with Gasteiger partial charge < -0.3 is 14.8 Å². The maximum absolute atomic E-state index is 12.4. The predicted molar refractivity (Wildman–Crippen MR) is 109 cm³/mol. The molecule has 28 heavy (non-hydrogen) atoms. The van der Waals surface area contributed by atoms with Crippen LogP contribution in [-0.2, 0) is 9.53 Å². The van der Waals surface area contributed by atoms with Crippen LogP contribution in [0.2, 0.25) is 0 Å². The van der Waals surface area contributed by atoms with E-state index in [1.54, 1.807) is 12.1 Å². The van der Waals surface area contributed by atoms with Crippen molar-refractivity contribution >= 4 is 22.6 Å². The molecular weight excluding hydrogens is 354 g/mol. The molecule has 0 saturated heterocycles. The molecule has 3 rings (SSSR count). The Labute approximate surface area is 164 Å². The number of hydrogen-bond acceptors (Lipinski definition) is 4. The molecule has 1 amide bonds. The quantitative estimate of drug-likeness (QED) is 0.634. The fourth-order valence-corrected chi connectivity index (χ4v) is 2.97. The summed E-state index contributed by atoms with van der Waals surface area (Å²) >= 11 is 0. The van der Waals surface area contributed by atoms with E-state index in [2.05, 4.69) is 5.32 Å². The van der Waals surface area contributed by atoms with Crippen LogP contribution < -0.4 is 10.1 Å². The maximum atomic E-state index is 12.4. The minimum Gasteiger partial charge on any atom is -0.496 e. The Morgan fingerprint density at radius 1 is 0.964 bits per heavy atom. The van der Waals surface area contributed by atoms with Crippen molar-refractivity contribution in [3.05, 3.63) is 77.9 Å². The summed E-state index contributed by atoms with van der Waals surface area (Å²) in [5, 5.41) is 4.66. The molecule has 0 aliphatic carbocycles. The Balaban J connectivity index is 1.57. The highest BCUT2D eigenvalue weighted by atomic mass is 16.5. The zero-order chi connectivity index (χ0) is 19.9. The van der Waals surface area contributed by atoms with Crippen LogP contribution in [0.25, 0.3) is 10.8 Å². The summed E-state index contributed by atoms with van der Waals surface area (Å²) < 4.78 is 10.5. The number of carbonyl (C=O) groups is 2. The van der Waals surface area contributed by atoms with E-state index in [0.29, 0.717) is 17.9 Å². The number of esters is 1. The highest BCUT2D eigenvalue weighted by Crippen LogP contribution is 2.26. The Morgan fingerprint density at radius 2 is 1.61 bits per heavy atom. The first-order chi connectivity index (χ1) is 13.6. The van der Waals surface area contributed by atoms with Gasteiger partial charge in [-0.1, -0.05) is 61.5 Å². The normalized spacial score (nSPS) is 11.6. The lowest BCUT2D eigenvalue weighted by Gasteiger charge is -2.14. The van der Waals surface area contributed by atoms with E-state index in [1.165, 1.54) is 7.11 Å². The van der Waals surface area contributed by atoms with Gasteiger partial charge in [-0.3, -0.25) is 4.79 Å². The number of benzene rings is 3. The summed E-state index contributed by atoms with van der Waals surface area (Å²) in [5.41, 5.74) is 1.44. The maximum Gasteiger partial charge on any atom is 0.342 e. The monoisotopic (exact) mass is 377 g/mol. The van der Waals surface area contributed by atoms with Gasteiger partial charge in [0, 0.05) is 6.54 Å². The number of nitrogens with one attached hydrogen (secondary N) is 1. The molecule has 5 heteroatoms. The molecule has 0 aromatic heterocycles. The first-order valence-corrected chi connectivity index (χ1v) is 9.14. The van der Waals surface area contributed by atoms with E-state index in [0.717, 1.165) is 16.3 Å². The standard InChI is InChI=1S/C23H23NO4/c1-16(17-8-4-3-5-9-17)14-24-22(25)15-28-23(26)20-12-18-10-6-7-11-19(18)13-21(20)27-2/h3-13,16H,14-15H2,1-2H3,(H,24,25)/t16-/m1/s1. The molecule has 5 nitrogen and oxygen atoms in total. The second-order valence-electron chi connectivity index (χ2n) is 6.59. The summed E-state index contributed by atoms with van der Waals surface area (Å²) in [6.45, 7) is 2.16. The van der Waals surface area contributed by atoms with Crippen molar-refractivity contribution < 1.29 is 19.1 Å². The third-order valence-electron chi connectivity index (χ3n) is 4.60. The summed E-state index contributed by atoms with van der Waals surface area (Å²) in [4.78, 5) is 24.5. The zero-order valence-corrected chi connectivity index (χ0v) is 16.0. The fraction of sp³-hybridized carbons (Fsp3) is 0.217. The molecule has 0 spiro atoms. The highest BCUT2D eigenvalue weighted by molar-refractivity contribution is 5.99. The van der Waals surface area contributed by atoms with Crippen molar-refractivity contribution in [3.8, 4) is 5.75 Å². The molecule has 0 fully saturated rings. The molecule has 0 radical (unpaired) electrons. The first kappa shape index (κ1) is 19.4. The van der Waals surface area contributed by atoms with Crippen molar-refractivity contribution in [2.45, 2.75) is 12.8 Å². The molecule has 1 N–H and O–H groups in total. The Kier molecular flexibility index (Phi) is 6.27. The van der Waals surface area contributed by atoms with E-state index >= 15 is 0 Å². The van der Waals surface area contributed by atoms with Crippen LogP contribution in [0.1, 0.15) is 28.8 Å². The van der Waals surface area contributed by atoms with Crippen LogP contribution in [0, 0.1) is 0 Å². The van der Waals surface area contributed by atoms with Crippen molar-refractivity contribution in [2.75, 3.05) is 20.3 Å². The van der Waals surface area contributed by atoms with Crippen molar-refractivity contribution in [3.63, 3.8) is 0 Å². The van der Waals surface area contributed by atoms with Gasteiger partial charge >= 0.3 is 5.97 Å². The molecule has 0 aliphatic rings. The summed E-state index contributed by atoms with van der Waals surface area (Å²) in [6.07, 6.45) is 0. The molecule has 0 aliphatic heterocycles. The zero-order valence-electron chi connectivity index (χ0n) is 16.0. The SMILES string of the molecule is COc1cc2ccccc2cc1C(=O)OCC(=O)NC[C@@H](C)c1ccccc1. The Bertz CT molecular complexity index is 969. The summed E-state index contributed by atoms with van der Waals surface area (Å²) in [7, 11) is 1.50. The highest BCUT2D eigenvalue weighted by Gasteiger charge is 2.17. The van der Waals surface area contributed by atoms with Crippen LogP contribution in [-0.4, -0.2) is 32.1 Å². The minimum absolute atomic E-state index is 0.168. The largest absolute Gasteiger partial charge is 0.496 e. The Morgan fingerprint density at radius 3 is 2.29 bits per heavy atom. The molecule has 0 bridgehead atoms. The summed E-state index contributed by atoms with van der Waals surface area (Å²) in [6, 6.07) is 21.1. The molecule has 0 heterocycles. The van der Waals surface area contributed by atoms with Crippen LogP contribution in [0.15, 0.2) is 66.7 Å². The van der Waals surface area contributed by atoms with Gasteiger partial charge in [-0.25, -0.2) is 4.79 Å². The van der Waals surface area contributed by atoms with Gasteiger partial charge in [-0.15, -0.1) is 0 Å². The average molecular weight is 377 g/mol. The number of ether oxygens (including phenoxy) is 2. The van der Waals surface area contributed by atoms with Gasteiger partial charge in [-0.05, 0) is 34.4 Å². The van der Waals surface area contributed by atoms with E-state index in [1.807, 2.05) is 61.5 Å². The Hall–Kier alpha value is -3.34.